The minimum Gasteiger partial charge on any atom is -0.465 e. The smallest absolute Gasteiger partial charge is 0.339 e. The zero-order valence-electron chi connectivity index (χ0n) is 14.5. The van der Waals surface area contributed by atoms with Crippen LogP contribution in [-0.2, 0) is 19.1 Å². The van der Waals surface area contributed by atoms with Gasteiger partial charge in [0.1, 0.15) is 0 Å². The van der Waals surface area contributed by atoms with Crippen LogP contribution in [0.3, 0.4) is 0 Å². The molecule has 6 heteroatoms. The molecule has 2 bridgehead atoms. The minimum atomic E-state index is -0.636. The Balaban J connectivity index is 2.17. The number of rotatable bonds is 2. The van der Waals surface area contributed by atoms with Gasteiger partial charge in [-0.2, -0.15) is 0 Å². The molecule has 0 aromatic heterocycles. The van der Waals surface area contributed by atoms with Crippen molar-refractivity contribution in [2.75, 3.05) is 14.2 Å². The topological polar surface area (TPSA) is 52.6 Å². The van der Waals surface area contributed by atoms with Crippen molar-refractivity contribution in [2.24, 2.45) is 10.8 Å². The fourth-order valence-corrected chi connectivity index (χ4v) is 17.9. The van der Waals surface area contributed by atoms with E-state index in [1.165, 1.54) is 14.2 Å². The van der Waals surface area contributed by atoms with Crippen molar-refractivity contribution in [3.8, 4) is 0 Å². The van der Waals surface area contributed by atoms with Crippen molar-refractivity contribution < 1.29 is 19.1 Å². The highest BCUT2D eigenvalue weighted by Gasteiger charge is 3.08. The van der Waals surface area contributed by atoms with Gasteiger partial charge in [0.05, 0.1) is 24.8 Å². The molecule has 2 fully saturated rings. The van der Waals surface area contributed by atoms with Gasteiger partial charge in [0.15, 0.2) is 0 Å². The molecule has 0 atom stereocenters. The lowest BCUT2D eigenvalue weighted by atomic mass is 9.81. The summed E-state index contributed by atoms with van der Waals surface area (Å²) in [6, 6.07) is 0. The average Bonchev–Trinajstić information content (AvgIpc) is 3.13. The summed E-state index contributed by atoms with van der Waals surface area (Å²) in [5, 5.41) is 1.33. The zero-order valence-corrected chi connectivity index (χ0v) is 16.3. The van der Waals surface area contributed by atoms with Crippen LogP contribution in [0.4, 0.5) is 0 Å². The molecule has 0 unspecified atom stereocenters. The van der Waals surface area contributed by atoms with E-state index in [0.717, 1.165) is 0 Å². The third-order valence-electron chi connectivity index (χ3n) is 5.20. The number of carbonyl (C=O) groups excluding carboxylic acids is 2. The van der Waals surface area contributed by atoms with Crippen LogP contribution < -0.4 is 0 Å². The number of carbonyl (C=O) groups is 2. The molecule has 0 aromatic rings. The monoisotopic (exact) mass is 342 g/mol. The number of methoxy groups -OCH3 is 2. The van der Waals surface area contributed by atoms with Gasteiger partial charge >= 0.3 is 11.9 Å². The summed E-state index contributed by atoms with van der Waals surface area (Å²) in [6.07, 6.45) is 0. The summed E-state index contributed by atoms with van der Waals surface area (Å²) in [4.78, 5) is 25.0. The van der Waals surface area contributed by atoms with E-state index >= 15 is 0 Å². The molecule has 0 aliphatic carbocycles. The van der Waals surface area contributed by atoms with Gasteiger partial charge in [-0.25, -0.2) is 9.59 Å². The second-order valence-electron chi connectivity index (χ2n) is 8.20. The van der Waals surface area contributed by atoms with Gasteiger partial charge in [-0.3, -0.25) is 0 Å². The molecule has 0 aromatic carbocycles. The summed E-state index contributed by atoms with van der Waals surface area (Å²) in [5.41, 5.74) is 0.152. The lowest BCUT2D eigenvalue weighted by molar-refractivity contribution is -0.138. The predicted molar refractivity (Wildman–Crippen MR) is 89.3 cm³/mol. The molecule has 0 spiro atoms. The molecule has 4 heterocycles. The molecule has 4 aliphatic heterocycles. The summed E-state index contributed by atoms with van der Waals surface area (Å²) in [5.74, 6) is -0.650. The third-order valence-corrected chi connectivity index (χ3v) is 16.0. The van der Waals surface area contributed by atoms with Crippen LogP contribution in [0, 0.1) is 10.8 Å². The summed E-state index contributed by atoms with van der Waals surface area (Å²) in [6.45, 7) is 13.5. The number of ether oxygens (including phenoxy) is 2. The Morgan fingerprint density at radius 2 is 1.05 bits per heavy atom. The van der Waals surface area contributed by atoms with Crippen LogP contribution in [-0.4, -0.2) is 36.0 Å². The maximum Gasteiger partial charge on any atom is 0.339 e. The molecule has 4 aliphatic rings. The van der Waals surface area contributed by atoms with E-state index in [2.05, 4.69) is 41.5 Å². The third kappa shape index (κ3) is 1.35. The quantitative estimate of drug-likeness (QED) is 0.561. The summed E-state index contributed by atoms with van der Waals surface area (Å²) in [7, 11) is 1.52. The Labute approximate surface area is 134 Å². The van der Waals surface area contributed by atoms with Crippen molar-refractivity contribution in [1.82, 2.24) is 0 Å². The number of hydrogen-bond acceptors (Lipinski definition) is 4. The Bertz CT molecular complexity index is 559. The molecule has 4 rings (SSSR count). The lowest BCUT2D eigenvalue weighted by Gasteiger charge is -2.27. The molecule has 2 saturated heterocycles. The first-order valence-corrected chi connectivity index (χ1v) is 10.2. The van der Waals surface area contributed by atoms with E-state index in [4.69, 9.17) is 9.47 Å². The van der Waals surface area contributed by atoms with Crippen LogP contribution in [0.5, 0.6) is 0 Å². The number of esters is 2. The summed E-state index contributed by atoms with van der Waals surface area (Å²) >= 11 is 0. The second kappa shape index (κ2) is 4.14. The first kappa shape index (κ1) is 16.4. The highest BCUT2D eigenvalue weighted by atomic mass is 31.2. The second-order valence-corrected chi connectivity index (χ2v) is 13.8. The molecule has 0 saturated carbocycles. The standard InChI is InChI=1S/C16H24O4P2/c1-13(2,3)15-16(14(4,5)6)21(15)9(11(17)19-7)10(22(15)16)12(18)20-8/h1-8H3. The highest BCUT2D eigenvalue weighted by molar-refractivity contribution is 8.15. The van der Waals surface area contributed by atoms with Crippen LogP contribution in [0.15, 0.2) is 10.6 Å². The molecule has 0 N–H and O–H groups in total. The maximum atomic E-state index is 12.4. The van der Waals surface area contributed by atoms with Crippen LogP contribution in [0.2, 0.25) is 0 Å². The van der Waals surface area contributed by atoms with Crippen molar-refractivity contribution in [3.63, 3.8) is 0 Å². The zero-order chi connectivity index (χ0) is 16.9. The molecule has 22 heavy (non-hydrogen) atoms. The minimum absolute atomic E-state index is 0.0761. The van der Waals surface area contributed by atoms with Gasteiger partial charge in [-0.1, -0.05) is 41.5 Å². The van der Waals surface area contributed by atoms with Gasteiger partial charge < -0.3 is 9.47 Å². The molecule has 0 radical (unpaired) electrons. The highest BCUT2D eigenvalue weighted by Crippen LogP contribution is 3.29. The SMILES string of the molecule is COC(=O)C1=C(C(=O)OC)P2C3(C(C)(C)C)P1C23C(C)(C)C. The molecule has 0 amide bonds. The Hall–Kier alpha value is -0.460. The van der Waals surface area contributed by atoms with Crippen molar-refractivity contribution >= 4 is 27.8 Å². The van der Waals surface area contributed by atoms with Gasteiger partial charge in [0, 0.05) is 9.79 Å². The molecular formula is C16H24O4P2. The van der Waals surface area contributed by atoms with Crippen LogP contribution >= 0.6 is 15.8 Å². The fourth-order valence-electron chi connectivity index (χ4n) is 4.65. The molecular weight excluding hydrogens is 318 g/mol. The number of hydrogen-bond donors (Lipinski definition) is 0. The largest absolute Gasteiger partial charge is 0.465 e. The van der Waals surface area contributed by atoms with E-state index in [0.29, 0.717) is 10.6 Å². The Morgan fingerprint density at radius 1 is 0.773 bits per heavy atom. The fraction of sp³-hybridized carbons (Fsp3) is 0.750. The maximum absolute atomic E-state index is 12.4. The molecule has 4 nitrogen and oxygen atoms in total. The van der Waals surface area contributed by atoms with Gasteiger partial charge in [-0.15, -0.1) is 0 Å². The predicted octanol–water partition coefficient (Wildman–Crippen LogP) is 4.03. The average molecular weight is 342 g/mol. The Morgan fingerprint density at radius 3 is 1.23 bits per heavy atom. The Kier molecular flexibility index (Phi) is 3.08. The van der Waals surface area contributed by atoms with Crippen molar-refractivity contribution in [1.29, 1.82) is 0 Å². The summed E-state index contributed by atoms with van der Waals surface area (Å²) < 4.78 is 10.0. The molecule has 122 valence electrons. The van der Waals surface area contributed by atoms with Crippen molar-refractivity contribution in [3.05, 3.63) is 10.6 Å². The first-order chi connectivity index (χ1) is 9.96. The van der Waals surface area contributed by atoms with Gasteiger partial charge in [0.2, 0.25) is 0 Å². The normalized spacial score (nSPS) is 38.5. The van der Waals surface area contributed by atoms with E-state index in [9.17, 15) is 9.59 Å². The first-order valence-electron chi connectivity index (χ1n) is 7.47. The van der Waals surface area contributed by atoms with Crippen molar-refractivity contribution in [2.45, 2.75) is 51.3 Å². The lowest BCUT2D eigenvalue weighted by Crippen LogP contribution is -2.23. The van der Waals surface area contributed by atoms with Gasteiger partial charge in [0.25, 0.3) is 0 Å². The van der Waals surface area contributed by atoms with Crippen LogP contribution in [0.1, 0.15) is 41.5 Å². The van der Waals surface area contributed by atoms with Gasteiger partial charge in [-0.05, 0) is 26.7 Å². The van der Waals surface area contributed by atoms with E-state index < -0.39 is 15.8 Å². The van der Waals surface area contributed by atoms with E-state index in [-0.39, 0.29) is 32.6 Å². The van der Waals surface area contributed by atoms with E-state index in [1.54, 1.807) is 0 Å². The van der Waals surface area contributed by atoms with Crippen LogP contribution in [0.25, 0.3) is 0 Å². The van der Waals surface area contributed by atoms with E-state index in [1.807, 2.05) is 0 Å².